The molecule has 0 saturated carbocycles. The van der Waals surface area contributed by atoms with Crippen LogP contribution in [0.5, 0.6) is 0 Å². The van der Waals surface area contributed by atoms with E-state index in [0.717, 1.165) is 12.1 Å². The maximum Gasteiger partial charge on any atom is 0.271 e. The summed E-state index contributed by atoms with van der Waals surface area (Å²) in [6, 6.07) is 13.5. The number of hydrogen-bond acceptors (Lipinski definition) is 3. The van der Waals surface area contributed by atoms with E-state index < -0.39 is 11.4 Å². The fourth-order valence-corrected chi connectivity index (χ4v) is 4.12. The number of rotatable bonds is 7. The maximum atomic E-state index is 14.4. The summed E-state index contributed by atoms with van der Waals surface area (Å²) >= 11 is 0. The first kappa shape index (κ1) is 21.9. The molecule has 1 aliphatic heterocycles. The summed E-state index contributed by atoms with van der Waals surface area (Å²) in [5, 5.41) is 2.99. The molecule has 168 valence electrons. The van der Waals surface area contributed by atoms with E-state index in [9.17, 15) is 14.0 Å². The minimum atomic E-state index is -1.20. The Morgan fingerprint density at radius 2 is 1.91 bits per heavy atom. The van der Waals surface area contributed by atoms with E-state index in [1.165, 1.54) is 11.0 Å². The Balaban J connectivity index is 1.73. The van der Waals surface area contributed by atoms with Gasteiger partial charge in [0.2, 0.25) is 5.91 Å². The summed E-state index contributed by atoms with van der Waals surface area (Å²) in [5.74, 6) is 0.0767. The molecule has 0 aliphatic carbocycles. The SMILES string of the molecule is CC(C)CCNC(=O)[C@]1(C)Cn2c(ccc2-c2ccco2)C(=O)N1Cc1ccccc1F. The molecule has 0 bridgehead atoms. The first-order chi connectivity index (χ1) is 15.3. The molecule has 0 radical (unpaired) electrons. The van der Waals surface area contributed by atoms with E-state index in [-0.39, 0.29) is 24.9 Å². The molecule has 0 unspecified atom stereocenters. The summed E-state index contributed by atoms with van der Waals surface area (Å²) < 4.78 is 21.8. The van der Waals surface area contributed by atoms with Crippen LogP contribution >= 0.6 is 0 Å². The molecule has 32 heavy (non-hydrogen) atoms. The van der Waals surface area contributed by atoms with Crippen LogP contribution in [0.25, 0.3) is 11.5 Å². The molecule has 4 rings (SSSR count). The zero-order valence-electron chi connectivity index (χ0n) is 18.6. The average Bonchev–Trinajstić information content (AvgIpc) is 3.41. The van der Waals surface area contributed by atoms with Crippen molar-refractivity contribution in [2.24, 2.45) is 5.92 Å². The van der Waals surface area contributed by atoms with Crippen molar-refractivity contribution in [1.82, 2.24) is 14.8 Å². The van der Waals surface area contributed by atoms with E-state index in [2.05, 4.69) is 19.2 Å². The number of aromatic nitrogens is 1. The Labute approximate surface area is 187 Å². The molecule has 0 fully saturated rings. The number of benzene rings is 1. The molecule has 3 aromatic rings. The van der Waals surface area contributed by atoms with E-state index in [1.54, 1.807) is 43.5 Å². The summed E-state index contributed by atoms with van der Waals surface area (Å²) in [6.45, 7) is 6.66. The Kier molecular flexibility index (Phi) is 5.91. The van der Waals surface area contributed by atoms with Gasteiger partial charge in [-0.1, -0.05) is 32.0 Å². The molecule has 1 atom stereocenters. The van der Waals surface area contributed by atoms with E-state index >= 15 is 0 Å². The Morgan fingerprint density at radius 1 is 1.16 bits per heavy atom. The number of nitrogens with zero attached hydrogens (tertiary/aromatic N) is 2. The molecule has 2 amide bonds. The smallest absolute Gasteiger partial charge is 0.271 e. The van der Waals surface area contributed by atoms with Gasteiger partial charge in [0.15, 0.2) is 0 Å². The second-order valence-corrected chi connectivity index (χ2v) is 8.86. The molecule has 7 heteroatoms. The highest BCUT2D eigenvalue weighted by Gasteiger charge is 2.48. The summed E-state index contributed by atoms with van der Waals surface area (Å²) in [4.78, 5) is 28.5. The fourth-order valence-electron chi connectivity index (χ4n) is 4.12. The molecule has 0 spiro atoms. The highest BCUT2D eigenvalue weighted by molar-refractivity contribution is 6.00. The van der Waals surface area contributed by atoms with Gasteiger partial charge in [-0.15, -0.1) is 0 Å². The lowest BCUT2D eigenvalue weighted by atomic mass is 9.93. The molecule has 1 N–H and O–H groups in total. The summed E-state index contributed by atoms with van der Waals surface area (Å²) in [6.07, 6.45) is 2.40. The molecule has 3 heterocycles. The third-order valence-corrected chi connectivity index (χ3v) is 6.06. The van der Waals surface area contributed by atoms with Gasteiger partial charge in [-0.05, 0) is 49.6 Å². The molecular weight excluding hydrogens is 409 g/mol. The number of fused-ring (bicyclic) bond motifs is 1. The number of carbonyl (C=O) groups is 2. The zero-order chi connectivity index (χ0) is 22.9. The summed E-state index contributed by atoms with van der Waals surface area (Å²) in [5.41, 5.74) is 0.336. The first-order valence-corrected chi connectivity index (χ1v) is 10.9. The number of nitrogens with one attached hydrogen (secondary N) is 1. The summed E-state index contributed by atoms with van der Waals surface area (Å²) in [7, 11) is 0. The normalized spacial score (nSPS) is 18.2. The third kappa shape index (κ3) is 3.95. The van der Waals surface area contributed by atoms with Gasteiger partial charge in [-0.25, -0.2) is 4.39 Å². The van der Waals surface area contributed by atoms with Gasteiger partial charge in [0.25, 0.3) is 5.91 Å². The van der Waals surface area contributed by atoms with Gasteiger partial charge >= 0.3 is 0 Å². The van der Waals surface area contributed by atoms with Crippen LogP contribution in [-0.4, -0.2) is 33.4 Å². The van der Waals surface area contributed by atoms with Crippen molar-refractivity contribution in [3.63, 3.8) is 0 Å². The van der Waals surface area contributed by atoms with Crippen molar-refractivity contribution in [2.45, 2.75) is 45.8 Å². The largest absolute Gasteiger partial charge is 0.463 e. The number of furan rings is 1. The van der Waals surface area contributed by atoms with Gasteiger partial charge in [0.1, 0.15) is 22.8 Å². The first-order valence-electron chi connectivity index (χ1n) is 10.9. The van der Waals surface area contributed by atoms with Crippen LogP contribution in [0.2, 0.25) is 0 Å². The molecule has 0 saturated heterocycles. The van der Waals surface area contributed by atoms with Crippen molar-refractivity contribution < 1.29 is 18.4 Å². The monoisotopic (exact) mass is 437 g/mol. The van der Waals surface area contributed by atoms with Gasteiger partial charge in [-0.3, -0.25) is 9.59 Å². The van der Waals surface area contributed by atoms with Crippen molar-refractivity contribution >= 4 is 11.8 Å². The lowest BCUT2D eigenvalue weighted by molar-refractivity contribution is -0.133. The van der Waals surface area contributed by atoms with Crippen molar-refractivity contribution in [3.8, 4) is 11.5 Å². The predicted molar refractivity (Wildman–Crippen MR) is 119 cm³/mol. The quantitative estimate of drug-likeness (QED) is 0.593. The molecule has 6 nitrogen and oxygen atoms in total. The second-order valence-electron chi connectivity index (χ2n) is 8.86. The highest BCUT2D eigenvalue weighted by Crippen LogP contribution is 2.34. The fraction of sp³-hybridized carbons (Fsp3) is 0.360. The second kappa shape index (κ2) is 8.65. The van der Waals surface area contributed by atoms with Crippen LogP contribution in [0.15, 0.2) is 59.2 Å². The van der Waals surface area contributed by atoms with Gasteiger partial charge in [0.05, 0.1) is 25.0 Å². The van der Waals surface area contributed by atoms with Crippen LogP contribution in [-0.2, 0) is 17.9 Å². The van der Waals surface area contributed by atoms with Crippen LogP contribution in [0, 0.1) is 11.7 Å². The lowest BCUT2D eigenvalue weighted by Crippen LogP contribution is -2.63. The zero-order valence-corrected chi connectivity index (χ0v) is 18.6. The van der Waals surface area contributed by atoms with E-state index in [0.29, 0.717) is 29.5 Å². The van der Waals surface area contributed by atoms with Gasteiger partial charge in [0, 0.05) is 12.1 Å². The van der Waals surface area contributed by atoms with E-state index in [1.807, 2.05) is 16.7 Å². The minimum Gasteiger partial charge on any atom is -0.463 e. The van der Waals surface area contributed by atoms with E-state index in [4.69, 9.17) is 4.42 Å². The Hall–Kier alpha value is -3.35. The molecule has 2 aromatic heterocycles. The molecular formula is C25H28FN3O3. The van der Waals surface area contributed by atoms with Crippen molar-refractivity contribution in [1.29, 1.82) is 0 Å². The van der Waals surface area contributed by atoms with Crippen LogP contribution in [0.4, 0.5) is 4.39 Å². The number of carbonyl (C=O) groups excluding carboxylic acids is 2. The van der Waals surface area contributed by atoms with Crippen LogP contribution in [0.3, 0.4) is 0 Å². The van der Waals surface area contributed by atoms with Crippen LogP contribution in [0.1, 0.15) is 43.2 Å². The average molecular weight is 438 g/mol. The maximum absolute atomic E-state index is 14.4. The van der Waals surface area contributed by atoms with Crippen molar-refractivity contribution in [2.75, 3.05) is 6.54 Å². The molecule has 1 aliphatic rings. The Bertz CT molecular complexity index is 1120. The standard InChI is InChI=1S/C25H28FN3O3/c1-17(2)12-13-27-24(31)25(3)16-28-20(22-9-6-14-32-22)10-11-21(28)23(30)29(25)15-18-7-4-5-8-19(18)26/h4-11,14,17H,12-13,15-16H2,1-3H3,(H,27,31)/t25-/m0/s1. The highest BCUT2D eigenvalue weighted by atomic mass is 19.1. The van der Waals surface area contributed by atoms with Crippen LogP contribution < -0.4 is 5.32 Å². The number of halogens is 1. The number of hydrogen-bond donors (Lipinski definition) is 1. The lowest BCUT2D eigenvalue weighted by Gasteiger charge is -2.44. The third-order valence-electron chi connectivity index (χ3n) is 6.06. The van der Waals surface area contributed by atoms with Gasteiger partial charge < -0.3 is 19.2 Å². The van der Waals surface area contributed by atoms with Gasteiger partial charge in [-0.2, -0.15) is 0 Å². The minimum absolute atomic E-state index is 0.000866. The Morgan fingerprint density at radius 3 is 2.59 bits per heavy atom. The topological polar surface area (TPSA) is 67.5 Å². The predicted octanol–water partition coefficient (Wildman–Crippen LogP) is 4.46. The molecule has 1 aromatic carbocycles. The number of amides is 2. The van der Waals surface area contributed by atoms with Crippen molar-refractivity contribution in [3.05, 3.63) is 71.9 Å².